The van der Waals surface area contributed by atoms with Gasteiger partial charge in [0, 0.05) is 64.8 Å². The van der Waals surface area contributed by atoms with Gasteiger partial charge >= 0.3 is 0 Å². The fourth-order valence-electron chi connectivity index (χ4n) is 4.32. The number of hydrogen-bond donors (Lipinski definition) is 1. The van der Waals surface area contributed by atoms with E-state index in [1.54, 1.807) is 0 Å². The summed E-state index contributed by atoms with van der Waals surface area (Å²) in [6, 6.07) is 0.525. The predicted molar refractivity (Wildman–Crippen MR) is 101 cm³/mol. The van der Waals surface area contributed by atoms with Crippen LogP contribution in [0.15, 0.2) is 0 Å². The molecule has 3 rings (SSSR count). The summed E-state index contributed by atoms with van der Waals surface area (Å²) >= 11 is 0. The highest BCUT2D eigenvalue weighted by molar-refractivity contribution is 5.85. The first-order valence-electron chi connectivity index (χ1n) is 9.70. The standard InChI is InChI=1S/C18H32N4O2.ClH/c1-2-4-17(23)21-9-3-5-15(13-21)18(24)22-10-6-16(14-22)20-11-7-19-8-12-20;/h15-16,19H,2-14H2,1H3;1H. The number of piperazine rings is 1. The third-order valence-corrected chi connectivity index (χ3v) is 5.73. The number of rotatable bonds is 4. The van der Waals surface area contributed by atoms with Gasteiger partial charge in [-0.25, -0.2) is 0 Å². The molecule has 6 nitrogen and oxygen atoms in total. The van der Waals surface area contributed by atoms with Crippen molar-refractivity contribution in [1.82, 2.24) is 20.0 Å². The molecule has 3 heterocycles. The second kappa shape index (κ2) is 9.74. The lowest BCUT2D eigenvalue weighted by Gasteiger charge is -2.35. The van der Waals surface area contributed by atoms with Gasteiger partial charge in [0.2, 0.25) is 11.8 Å². The Morgan fingerprint density at radius 3 is 2.48 bits per heavy atom. The van der Waals surface area contributed by atoms with Crippen molar-refractivity contribution in [3.05, 3.63) is 0 Å². The molecule has 0 aliphatic carbocycles. The molecule has 0 bridgehead atoms. The molecule has 1 N–H and O–H groups in total. The van der Waals surface area contributed by atoms with E-state index in [2.05, 4.69) is 15.1 Å². The minimum Gasteiger partial charge on any atom is -0.342 e. The number of carbonyl (C=O) groups excluding carboxylic acids is 2. The first kappa shape index (κ1) is 20.5. The largest absolute Gasteiger partial charge is 0.342 e. The molecule has 2 amide bonds. The predicted octanol–water partition coefficient (Wildman–Crippen LogP) is 0.953. The molecule has 3 aliphatic rings. The molecular formula is C18H33ClN4O2. The summed E-state index contributed by atoms with van der Waals surface area (Å²) in [6.07, 6.45) is 4.48. The van der Waals surface area contributed by atoms with Gasteiger partial charge in [0.15, 0.2) is 0 Å². The summed E-state index contributed by atoms with van der Waals surface area (Å²) < 4.78 is 0. The lowest BCUT2D eigenvalue weighted by atomic mass is 9.96. The monoisotopic (exact) mass is 372 g/mol. The number of likely N-dealkylation sites (tertiary alicyclic amines) is 2. The van der Waals surface area contributed by atoms with E-state index in [0.29, 0.717) is 19.0 Å². The van der Waals surface area contributed by atoms with E-state index in [0.717, 1.165) is 71.5 Å². The summed E-state index contributed by atoms with van der Waals surface area (Å²) in [6.45, 7) is 9.54. The Bertz CT molecular complexity index is 456. The molecule has 0 aromatic carbocycles. The van der Waals surface area contributed by atoms with Crippen LogP contribution in [0.5, 0.6) is 0 Å². The summed E-state index contributed by atoms with van der Waals surface area (Å²) in [5.74, 6) is 0.512. The number of halogens is 1. The first-order valence-corrected chi connectivity index (χ1v) is 9.70. The Labute approximate surface area is 157 Å². The molecular weight excluding hydrogens is 340 g/mol. The maximum Gasteiger partial charge on any atom is 0.227 e. The maximum atomic E-state index is 12.9. The first-order chi connectivity index (χ1) is 11.7. The third kappa shape index (κ3) is 5.08. The second-order valence-corrected chi connectivity index (χ2v) is 7.44. The van der Waals surface area contributed by atoms with Crippen molar-refractivity contribution in [3.63, 3.8) is 0 Å². The van der Waals surface area contributed by atoms with Gasteiger partial charge < -0.3 is 15.1 Å². The lowest BCUT2D eigenvalue weighted by molar-refractivity contribution is -0.140. The fraction of sp³-hybridized carbons (Fsp3) is 0.889. The molecule has 7 heteroatoms. The third-order valence-electron chi connectivity index (χ3n) is 5.73. The molecule has 25 heavy (non-hydrogen) atoms. The zero-order chi connectivity index (χ0) is 16.9. The zero-order valence-electron chi connectivity index (χ0n) is 15.4. The van der Waals surface area contributed by atoms with E-state index < -0.39 is 0 Å². The van der Waals surface area contributed by atoms with Crippen LogP contribution in [0.2, 0.25) is 0 Å². The summed E-state index contributed by atoms with van der Waals surface area (Å²) in [4.78, 5) is 31.6. The van der Waals surface area contributed by atoms with Crippen LogP contribution in [0.4, 0.5) is 0 Å². The maximum absolute atomic E-state index is 12.9. The van der Waals surface area contributed by atoms with Crippen LogP contribution < -0.4 is 5.32 Å². The van der Waals surface area contributed by atoms with Crippen molar-refractivity contribution >= 4 is 24.2 Å². The van der Waals surface area contributed by atoms with Crippen molar-refractivity contribution in [2.45, 2.75) is 45.1 Å². The number of nitrogens with one attached hydrogen (secondary N) is 1. The molecule has 0 saturated carbocycles. The number of amides is 2. The van der Waals surface area contributed by atoms with Crippen LogP contribution in [0.25, 0.3) is 0 Å². The van der Waals surface area contributed by atoms with Crippen LogP contribution in [0, 0.1) is 5.92 Å². The Morgan fingerprint density at radius 1 is 1.00 bits per heavy atom. The van der Waals surface area contributed by atoms with Gasteiger partial charge in [-0.05, 0) is 25.7 Å². The highest BCUT2D eigenvalue weighted by Gasteiger charge is 2.36. The van der Waals surface area contributed by atoms with Crippen molar-refractivity contribution in [3.8, 4) is 0 Å². The normalized spacial score (nSPS) is 27.9. The topological polar surface area (TPSA) is 55.9 Å². The molecule has 2 unspecified atom stereocenters. The molecule has 0 aromatic heterocycles. The number of nitrogens with zero attached hydrogens (tertiary/aromatic N) is 3. The van der Waals surface area contributed by atoms with Crippen LogP contribution in [-0.4, -0.2) is 84.9 Å². The highest BCUT2D eigenvalue weighted by atomic mass is 35.5. The average Bonchev–Trinajstić information content (AvgIpc) is 3.12. The minimum absolute atomic E-state index is 0. The van der Waals surface area contributed by atoms with Crippen LogP contribution in [0.1, 0.15) is 39.0 Å². The van der Waals surface area contributed by atoms with Crippen molar-refractivity contribution < 1.29 is 9.59 Å². The SMILES string of the molecule is CCCC(=O)N1CCCC(C(=O)N2CCC(N3CCNCC3)C2)C1.Cl. The van der Waals surface area contributed by atoms with Gasteiger partial charge in [-0.3, -0.25) is 14.5 Å². The smallest absolute Gasteiger partial charge is 0.227 e. The van der Waals surface area contributed by atoms with E-state index in [-0.39, 0.29) is 30.1 Å². The molecule has 0 aromatic rings. The van der Waals surface area contributed by atoms with Gasteiger partial charge in [-0.2, -0.15) is 0 Å². The van der Waals surface area contributed by atoms with E-state index in [4.69, 9.17) is 0 Å². The molecule has 144 valence electrons. The Morgan fingerprint density at radius 2 is 1.76 bits per heavy atom. The zero-order valence-corrected chi connectivity index (χ0v) is 16.2. The molecule has 3 aliphatic heterocycles. The van der Waals surface area contributed by atoms with E-state index in [1.807, 2.05) is 11.8 Å². The minimum atomic E-state index is 0. The van der Waals surface area contributed by atoms with Gasteiger partial charge in [-0.15, -0.1) is 12.4 Å². The van der Waals surface area contributed by atoms with Crippen LogP contribution in [0.3, 0.4) is 0 Å². The number of carbonyl (C=O) groups is 2. The lowest BCUT2D eigenvalue weighted by Crippen LogP contribution is -2.50. The second-order valence-electron chi connectivity index (χ2n) is 7.44. The van der Waals surface area contributed by atoms with Gasteiger partial charge in [0.1, 0.15) is 0 Å². The van der Waals surface area contributed by atoms with E-state index >= 15 is 0 Å². The Kier molecular flexibility index (Phi) is 7.97. The average molecular weight is 373 g/mol. The fourth-order valence-corrected chi connectivity index (χ4v) is 4.32. The molecule has 2 atom stereocenters. The quantitative estimate of drug-likeness (QED) is 0.798. The van der Waals surface area contributed by atoms with Gasteiger partial charge in [0.05, 0.1) is 5.92 Å². The van der Waals surface area contributed by atoms with Gasteiger partial charge in [0.25, 0.3) is 0 Å². The van der Waals surface area contributed by atoms with Crippen LogP contribution >= 0.6 is 12.4 Å². The van der Waals surface area contributed by atoms with Crippen molar-refractivity contribution in [2.24, 2.45) is 5.92 Å². The number of piperidine rings is 1. The Hall–Kier alpha value is -0.850. The van der Waals surface area contributed by atoms with E-state index in [1.165, 1.54) is 0 Å². The molecule has 3 saturated heterocycles. The Balaban J connectivity index is 0.00000225. The summed E-state index contributed by atoms with van der Waals surface area (Å²) in [5, 5.41) is 3.39. The van der Waals surface area contributed by atoms with Crippen molar-refractivity contribution in [2.75, 3.05) is 52.4 Å². The molecule has 0 radical (unpaired) electrons. The van der Waals surface area contributed by atoms with Crippen molar-refractivity contribution in [1.29, 1.82) is 0 Å². The summed E-state index contributed by atoms with van der Waals surface area (Å²) in [7, 11) is 0. The summed E-state index contributed by atoms with van der Waals surface area (Å²) in [5.41, 5.74) is 0. The molecule has 0 spiro atoms. The highest BCUT2D eigenvalue weighted by Crippen LogP contribution is 2.23. The van der Waals surface area contributed by atoms with E-state index in [9.17, 15) is 9.59 Å². The van der Waals surface area contributed by atoms with Gasteiger partial charge in [-0.1, -0.05) is 6.92 Å². The molecule has 3 fully saturated rings. The number of hydrogen-bond acceptors (Lipinski definition) is 4. The van der Waals surface area contributed by atoms with Crippen LogP contribution in [-0.2, 0) is 9.59 Å².